The van der Waals surface area contributed by atoms with Gasteiger partial charge in [0.1, 0.15) is 0 Å². The van der Waals surface area contributed by atoms with Crippen molar-refractivity contribution in [3.8, 4) is 0 Å². The first-order valence-corrected chi connectivity index (χ1v) is 9.23. The fraction of sp³-hybridized carbons (Fsp3) is 0.895. The van der Waals surface area contributed by atoms with E-state index in [1.165, 1.54) is 64.0 Å². The topological polar surface area (TPSA) is 49.7 Å². The van der Waals surface area contributed by atoms with Gasteiger partial charge in [0.25, 0.3) is 0 Å². The van der Waals surface area contributed by atoms with Gasteiger partial charge in [-0.3, -0.25) is 0 Å². The molecule has 1 aliphatic rings. The SMILES string of the molecule is C=COCC1(CO)CCCCC1CCCCCCCCCO. The minimum Gasteiger partial charge on any atom is -0.501 e. The second kappa shape index (κ2) is 12.0. The Kier molecular flexibility index (Phi) is 10.6. The third-order valence-electron chi connectivity index (χ3n) is 5.36. The third-order valence-corrected chi connectivity index (χ3v) is 5.36. The average Bonchev–Trinajstić information content (AvgIpc) is 2.56. The summed E-state index contributed by atoms with van der Waals surface area (Å²) in [5.41, 5.74) is -0.0342. The van der Waals surface area contributed by atoms with E-state index in [2.05, 4.69) is 6.58 Å². The Balaban J connectivity index is 2.24. The maximum atomic E-state index is 9.93. The van der Waals surface area contributed by atoms with E-state index in [9.17, 15) is 5.11 Å². The second-order valence-electron chi connectivity index (χ2n) is 6.93. The van der Waals surface area contributed by atoms with E-state index in [-0.39, 0.29) is 12.0 Å². The van der Waals surface area contributed by atoms with Gasteiger partial charge in [0.2, 0.25) is 0 Å². The lowest BCUT2D eigenvalue weighted by Gasteiger charge is -2.42. The number of ether oxygens (including phenoxy) is 1. The predicted molar refractivity (Wildman–Crippen MR) is 91.6 cm³/mol. The molecule has 0 spiro atoms. The van der Waals surface area contributed by atoms with E-state index in [1.54, 1.807) is 0 Å². The normalized spacial score (nSPS) is 25.1. The Morgan fingerprint density at radius 3 is 2.32 bits per heavy atom. The Bertz CT molecular complexity index is 280. The molecule has 130 valence electrons. The third kappa shape index (κ3) is 6.70. The average molecular weight is 312 g/mol. The van der Waals surface area contributed by atoms with Crippen LogP contribution in [-0.4, -0.2) is 30.0 Å². The Morgan fingerprint density at radius 2 is 1.68 bits per heavy atom. The van der Waals surface area contributed by atoms with Gasteiger partial charge in [-0.15, -0.1) is 0 Å². The zero-order valence-electron chi connectivity index (χ0n) is 14.3. The minimum atomic E-state index is -0.0342. The molecule has 0 saturated heterocycles. The van der Waals surface area contributed by atoms with Crippen LogP contribution in [0.1, 0.15) is 77.0 Å². The first kappa shape index (κ1) is 19.5. The van der Waals surface area contributed by atoms with E-state index in [4.69, 9.17) is 9.84 Å². The number of hydrogen-bond donors (Lipinski definition) is 2. The van der Waals surface area contributed by atoms with Crippen LogP contribution in [0.3, 0.4) is 0 Å². The molecule has 2 atom stereocenters. The Morgan fingerprint density at radius 1 is 1.00 bits per heavy atom. The van der Waals surface area contributed by atoms with Crippen molar-refractivity contribution in [3.63, 3.8) is 0 Å². The summed E-state index contributed by atoms with van der Waals surface area (Å²) in [4.78, 5) is 0. The van der Waals surface area contributed by atoms with E-state index < -0.39 is 0 Å². The molecule has 0 radical (unpaired) electrons. The molecule has 1 fully saturated rings. The summed E-state index contributed by atoms with van der Waals surface area (Å²) in [6.07, 6.45) is 16.1. The zero-order chi connectivity index (χ0) is 16.1. The van der Waals surface area contributed by atoms with Crippen LogP contribution in [0.4, 0.5) is 0 Å². The van der Waals surface area contributed by atoms with E-state index in [0.29, 0.717) is 19.1 Å². The lowest BCUT2D eigenvalue weighted by atomic mass is 9.65. The summed E-state index contributed by atoms with van der Waals surface area (Å²) in [5, 5.41) is 18.7. The molecule has 1 saturated carbocycles. The summed E-state index contributed by atoms with van der Waals surface area (Å²) in [6.45, 7) is 4.83. The van der Waals surface area contributed by atoms with Crippen molar-refractivity contribution in [1.82, 2.24) is 0 Å². The van der Waals surface area contributed by atoms with E-state index >= 15 is 0 Å². The molecular formula is C19H36O3. The van der Waals surface area contributed by atoms with Gasteiger partial charge in [0, 0.05) is 12.0 Å². The monoisotopic (exact) mass is 312 g/mol. The van der Waals surface area contributed by atoms with Crippen LogP contribution in [0.25, 0.3) is 0 Å². The molecule has 3 nitrogen and oxygen atoms in total. The molecule has 1 aliphatic carbocycles. The first-order valence-electron chi connectivity index (χ1n) is 9.23. The van der Waals surface area contributed by atoms with Gasteiger partial charge in [0.15, 0.2) is 0 Å². The van der Waals surface area contributed by atoms with Crippen LogP contribution in [0.2, 0.25) is 0 Å². The van der Waals surface area contributed by atoms with Crippen molar-refractivity contribution in [1.29, 1.82) is 0 Å². The quantitative estimate of drug-likeness (QED) is 0.391. The molecule has 3 heteroatoms. The highest BCUT2D eigenvalue weighted by Crippen LogP contribution is 2.44. The molecule has 0 aliphatic heterocycles. The number of aliphatic hydroxyl groups is 2. The van der Waals surface area contributed by atoms with Crippen molar-refractivity contribution in [3.05, 3.63) is 12.8 Å². The summed E-state index contributed by atoms with van der Waals surface area (Å²) in [5.74, 6) is 0.598. The Labute approximate surface area is 136 Å². The Hall–Kier alpha value is -0.540. The first-order chi connectivity index (χ1) is 10.8. The standard InChI is InChI=1S/C19H36O3/c1-2-22-17-19(16-21)14-10-9-13-18(19)12-8-6-4-3-5-7-11-15-20/h2,18,20-21H,1,3-17H2. The zero-order valence-corrected chi connectivity index (χ0v) is 14.3. The fourth-order valence-corrected chi connectivity index (χ4v) is 3.88. The number of unbranched alkanes of at least 4 members (excludes halogenated alkanes) is 6. The van der Waals surface area contributed by atoms with Crippen LogP contribution in [-0.2, 0) is 4.74 Å². The molecular weight excluding hydrogens is 276 g/mol. The smallest absolute Gasteiger partial charge is 0.0953 e. The van der Waals surface area contributed by atoms with Crippen molar-refractivity contribution in [2.24, 2.45) is 11.3 Å². The summed E-state index contributed by atoms with van der Waals surface area (Å²) in [6, 6.07) is 0. The van der Waals surface area contributed by atoms with Gasteiger partial charge in [0.05, 0.1) is 19.5 Å². The van der Waals surface area contributed by atoms with Gasteiger partial charge < -0.3 is 14.9 Å². The molecule has 0 aromatic heterocycles. The molecule has 0 amide bonds. The van der Waals surface area contributed by atoms with Gasteiger partial charge in [-0.05, 0) is 31.6 Å². The van der Waals surface area contributed by atoms with Crippen molar-refractivity contribution >= 4 is 0 Å². The molecule has 0 aromatic carbocycles. The van der Waals surface area contributed by atoms with Gasteiger partial charge in [-0.2, -0.15) is 0 Å². The maximum Gasteiger partial charge on any atom is 0.0953 e. The highest BCUT2D eigenvalue weighted by atomic mass is 16.5. The highest BCUT2D eigenvalue weighted by Gasteiger charge is 2.40. The van der Waals surface area contributed by atoms with Gasteiger partial charge in [-0.25, -0.2) is 0 Å². The number of hydrogen-bond acceptors (Lipinski definition) is 3. The largest absolute Gasteiger partial charge is 0.501 e. The predicted octanol–water partition coefficient (Wildman–Crippen LogP) is 4.43. The molecule has 2 N–H and O–H groups in total. The fourth-order valence-electron chi connectivity index (χ4n) is 3.88. The minimum absolute atomic E-state index is 0.0342. The summed E-state index contributed by atoms with van der Waals surface area (Å²) >= 11 is 0. The van der Waals surface area contributed by atoms with Crippen molar-refractivity contribution in [2.45, 2.75) is 77.0 Å². The van der Waals surface area contributed by atoms with Crippen LogP contribution in [0.15, 0.2) is 12.8 Å². The highest BCUT2D eigenvalue weighted by molar-refractivity contribution is 4.90. The second-order valence-corrected chi connectivity index (χ2v) is 6.93. The summed E-state index contributed by atoms with van der Waals surface area (Å²) < 4.78 is 5.46. The van der Waals surface area contributed by atoms with E-state index in [1.807, 2.05) is 0 Å². The van der Waals surface area contributed by atoms with E-state index in [0.717, 1.165) is 19.3 Å². The summed E-state index contributed by atoms with van der Waals surface area (Å²) in [7, 11) is 0. The molecule has 1 rings (SSSR count). The number of rotatable bonds is 13. The van der Waals surface area contributed by atoms with Gasteiger partial charge in [-0.1, -0.05) is 57.9 Å². The lowest BCUT2D eigenvalue weighted by Crippen LogP contribution is -2.41. The lowest BCUT2D eigenvalue weighted by molar-refractivity contribution is -0.0330. The van der Waals surface area contributed by atoms with Crippen molar-refractivity contribution < 1.29 is 14.9 Å². The molecule has 0 heterocycles. The van der Waals surface area contributed by atoms with Crippen molar-refractivity contribution in [2.75, 3.05) is 19.8 Å². The van der Waals surface area contributed by atoms with Crippen LogP contribution in [0.5, 0.6) is 0 Å². The van der Waals surface area contributed by atoms with Crippen LogP contribution >= 0.6 is 0 Å². The molecule has 0 aromatic rings. The van der Waals surface area contributed by atoms with Crippen LogP contribution < -0.4 is 0 Å². The molecule has 0 bridgehead atoms. The maximum absolute atomic E-state index is 9.93. The van der Waals surface area contributed by atoms with Gasteiger partial charge >= 0.3 is 0 Å². The molecule has 22 heavy (non-hydrogen) atoms. The number of aliphatic hydroxyl groups excluding tert-OH is 2. The molecule has 2 unspecified atom stereocenters. The van der Waals surface area contributed by atoms with Crippen LogP contribution in [0, 0.1) is 11.3 Å².